The summed E-state index contributed by atoms with van der Waals surface area (Å²) in [7, 11) is 1.17. The number of carbonyl (C=O) groups is 1. The summed E-state index contributed by atoms with van der Waals surface area (Å²) in [4.78, 5) is 12.3. The molecular weight excluding hydrogens is 464 g/mol. The highest BCUT2D eigenvalue weighted by Crippen LogP contribution is 2.39. The smallest absolute Gasteiger partial charge is 0.346 e. The van der Waals surface area contributed by atoms with Gasteiger partial charge in [0.25, 0.3) is 0 Å². The molecule has 4 nitrogen and oxygen atoms in total. The van der Waals surface area contributed by atoms with Crippen LogP contribution < -0.4 is 9.47 Å². The summed E-state index contributed by atoms with van der Waals surface area (Å²) in [5.41, 5.74) is 0.140. The zero-order valence-electron chi connectivity index (χ0n) is 19.0. The lowest BCUT2D eigenvalue weighted by Crippen LogP contribution is -2.17. The minimum Gasteiger partial charge on any atom is -0.494 e. The molecule has 0 unspecified atom stereocenters. The molecule has 4 rings (SSSR count). The van der Waals surface area contributed by atoms with Crippen LogP contribution in [-0.2, 0) is 0 Å². The number of hydrogen-bond donors (Lipinski definition) is 1. The third-order valence-corrected chi connectivity index (χ3v) is 6.52. The molecule has 0 atom stereocenters. The van der Waals surface area contributed by atoms with E-state index in [1.165, 1.54) is 37.4 Å². The maximum atomic E-state index is 14.9. The highest BCUT2D eigenvalue weighted by Gasteiger charge is 2.26. The lowest BCUT2D eigenvalue weighted by atomic mass is 9.78. The van der Waals surface area contributed by atoms with Crippen LogP contribution in [0.15, 0.2) is 48.5 Å². The number of methoxy groups -OCH3 is 1. The highest BCUT2D eigenvalue weighted by molar-refractivity contribution is 5.91. The van der Waals surface area contributed by atoms with Crippen molar-refractivity contribution in [2.75, 3.05) is 13.7 Å². The topological polar surface area (TPSA) is 55.8 Å². The third-order valence-electron chi connectivity index (χ3n) is 6.52. The number of aliphatic hydroxyl groups is 1. The second-order valence-corrected chi connectivity index (χ2v) is 8.59. The van der Waals surface area contributed by atoms with E-state index in [1.807, 2.05) is 0 Å². The van der Waals surface area contributed by atoms with Crippen LogP contribution >= 0.6 is 0 Å². The first-order chi connectivity index (χ1) is 16.8. The molecule has 1 saturated carbocycles. The van der Waals surface area contributed by atoms with E-state index in [4.69, 9.17) is 4.74 Å². The standard InChI is InChI=1S/C27H24F4O4/c1-34-22-13-12-21(25(30)26(22)31)27(33)35-18-8-6-17(7-9-18)20-11-10-19(23(28)24(20)29)16-4-2-15(14-32)3-5-16/h6-13,15-16,32H,2-5,14H2,1H3. The fourth-order valence-electron chi connectivity index (χ4n) is 4.47. The van der Waals surface area contributed by atoms with Crippen molar-refractivity contribution in [3.8, 4) is 22.6 Å². The van der Waals surface area contributed by atoms with E-state index >= 15 is 0 Å². The number of esters is 1. The number of aliphatic hydroxyl groups excluding tert-OH is 1. The fraction of sp³-hybridized carbons (Fsp3) is 0.296. The summed E-state index contributed by atoms with van der Waals surface area (Å²) >= 11 is 0. The molecule has 1 fully saturated rings. The predicted octanol–water partition coefficient (Wildman–Crippen LogP) is 6.40. The first-order valence-corrected chi connectivity index (χ1v) is 11.3. The summed E-state index contributed by atoms with van der Waals surface area (Å²) in [6, 6.07) is 10.9. The van der Waals surface area contributed by atoms with Crippen molar-refractivity contribution in [1.82, 2.24) is 0 Å². The lowest BCUT2D eigenvalue weighted by molar-refractivity contribution is 0.0728. The van der Waals surface area contributed by atoms with Crippen molar-refractivity contribution in [3.05, 3.63) is 82.9 Å². The molecule has 8 heteroatoms. The molecule has 0 radical (unpaired) electrons. The summed E-state index contributed by atoms with van der Waals surface area (Å²) in [6.07, 6.45) is 2.94. The van der Waals surface area contributed by atoms with Crippen LogP contribution in [0.1, 0.15) is 47.5 Å². The molecule has 184 valence electrons. The van der Waals surface area contributed by atoms with E-state index in [0.29, 0.717) is 24.0 Å². The van der Waals surface area contributed by atoms with Gasteiger partial charge in [-0.1, -0.05) is 24.3 Å². The van der Waals surface area contributed by atoms with Gasteiger partial charge in [0.15, 0.2) is 23.2 Å². The average molecular weight is 488 g/mol. The Hall–Kier alpha value is -3.39. The van der Waals surface area contributed by atoms with Crippen LogP contribution in [0.25, 0.3) is 11.1 Å². The molecule has 0 amide bonds. The van der Waals surface area contributed by atoms with Crippen molar-refractivity contribution < 1.29 is 36.9 Å². The van der Waals surface area contributed by atoms with Gasteiger partial charge in [-0.25, -0.2) is 18.0 Å². The summed E-state index contributed by atoms with van der Waals surface area (Å²) < 4.78 is 67.6. The number of ether oxygens (including phenoxy) is 2. The van der Waals surface area contributed by atoms with E-state index in [2.05, 4.69) is 4.74 Å². The monoisotopic (exact) mass is 488 g/mol. The van der Waals surface area contributed by atoms with Gasteiger partial charge in [0.1, 0.15) is 5.75 Å². The van der Waals surface area contributed by atoms with Crippen molar-refractivity contribution in [3.63, 3.8) is 0 Å². The number of halogens is 4. The molecule has 0 spiro atoms. The minimum atomic E-state index is -1.39. The van der Waals surface area contributed by atoms with Gasteiger partial charge in [-0.2, -0.15) is 4.39 Å². The molecule has 35 heavy (non-hydrogen) atoms. The quantitative estimate of drug-likeness (QED) is 0.248. The minimum absolute atomic E-state index is 0.0209. The Morgan fingerprint density at radius 2 is 1.54 bits per heavy atom. The van der Waals surface area contributed by atoms with E-state index in [9.17, 15) is 27.5 Å². The van der Waals surface area contributed by atoms with Gasteiger partial charge in [0.05, 0.1) is 12.7 Å². The first kappa shape index (κ1) is 24.7. The molecule has 0 aliphatic heterocycles. The Morgan fingerprint density at radius 3 is 2.17 bits per heavy atom. The number of rotatable bonds is 6. The van der Waals surface area contributed by atoms with Gasteiger partial charge in [0, 0.05) is 12.2 Å². The Balaban J connectivity index is 1.49. The highest BCUT2D eigenvalue weighted by atomic mass is 19.2. The molecule has 3 aromatic carbocycles. The summed E-state index contributed by atoms with van der Waals surface area (Å²) in [6.45, 7) is 0.111. The number of hydrogen-bond acceptors (Lipinski definition) is 4. The van der Waals surface area contributed by atoms with E-state index < -0.39 is 34.8 Å². The molecule has 1 N–H and O–H groups in total. The van der Waals surface area contributed by atoms with Crippen molar-refractivity contribution in [2.45, 2.75) is 31.6 Å². The van der Waals surface area contributed by atoms with Gasteiger partial charge in [-0.05, 0) is 72.9 Å². The van der Waals surface area contributed by atoms with Gasteiger partial charge in [-0.15, -0.1) is 0 Å². The molecule has 1 aliphatic rings. The van der Waals surface area contributed by atoms with Gasteiger partial charge >= 0.3 is 5.97 Å². The summed E-state index contributed by atoms with van der Waals surface area (Å²) in [5.74, 6) is -5.87. The molecule has 3 aromatic rings. The first-order valence-electron chi connectivity index (χ1n) is 11.3. The maximum absolute atomic E-state index is 14.9. The van der Waals surface area contributed by atoms with E-state index in [-0.39, 0.29) is 35.5 Å². The van der Waals surface area contributed by atoms with Gasteiger partial charge < -0.3 is 14.6 Å². The number of carbonyl (C=O) groups excluding carboxylic acids is 1. The molecule has 0 aromatic heterocycles. The Labute approximate surface area is 200 Å². The predicted molar refractivity (Wildman–Crippen MR) is 121 cm³/mol. The van der Waals surface area contributed by atoms with Crippen LogP contribution in [0, 0.1) is 29.2 Å². The number of benzene rings is 3. The molecule has 0 saturated heterocycles. The van der Waals surface area contributed by atoms with Crippen molar-refractivity contribution in [1.29, 1.82) is 0 Å². The maximum Gasteiger partial charge on any atom is 0.346 e. The van der Waals surface area contributed by atoms with Crippen LogP contribution in [0.4, 0.5) is 17.6 Å². The van der Waals surface area contributed by atoms with Crippen LogP contribution in [0.3, 0.4) is 0 Å². The molecule has 1 aliphatic carbocycles. The van der Waals surface area contributed by atoms with Crippen LogP contribution in [0.5, 0.6) is 11.5 Å². The SMILES string of the molecule is COc1ccc(C(=O)Oc2ccc(-c3ccc(C4CCC(CO)CC4)c(F)c3F)cc2)c(F)c1F. The Kier molecular flexibility index (Phi) is 7.40. The second kappa shape index (κ2) is 10.5. The molecular formula is C27H24F4O4. The second-order valence-electron chi connectivity index (χ2n) is 8.59. The molecule has 0 bridgehead atoms. The van der Waals surface area contributed by atoms with Gasteiger partial charge in [0.2, 0.25) is 5.82 Å². The summed E-state index contributed by atoms with van der Waals surface area (Å²) in [5, 5.41) is 9.28. The van der Waals surface area contributed by atoms with Gasteiger partial charge in [-0.3, -0.25) is 0 Å². The normalized spacial score (nSPS) is 17.8. The lowest BCUT2D eigenvalue weighted by Gasteiger charge is -2.28. The molecule has 0 heterocycles. The zero-order valence-corrected chi connectivity index (χ0v) is 19.0. The zero-order chi connectivity index (χ0) is 25.1. The van der Waals surface area contributed by atoms with E-state index in [1.54, 1.807) is 6.07 Å². The van der Waals surface area contributed by atoms with Crippen molar-refractivity contribution in [2.24, 2.45) is 5.92 Å². The third kappa shape index (κ3) is 5.03. The van der Waals surface area contributed by atoms with E-state index in [0.717, 1.165) is 25.0 Å². The van der Waals surface area contributed by atoms with Crippen molar-refractivity contribution >= 4 is 5.97 Å². The largest absolute Gasteiger partial charge is 0.494 e. The van der Waals surface area contributed by atoms with Crippen LogP contribution in [-0.4, -0.2) is 24.8 Å². The Morgan fingerprint density at radius 1 is 0.857 bits per heavy atom. The van der Waals surface area contributed by atoms with Crippen LogP contribution in [0.2, 0.25) is 0 Å². The average Bonchev–Trinajstić information content (AvgIpc) is 2.88. The fourth-order valence-corrected chi connectivity index (χ4v) is 4.47. The Bertz CT molecular complexity index is 1220.